The molecule has 1 aromatic heterocycles. The molecular formula is C16H13BrN4O2S. The van der Waals surface area contributed by atoms with Crippen LogP contribution in [0.3, 0.4) is 0 Å². The summed E-state index contributed by atoms with van der Waals surface area (Å²) in [5.41, 5.74) is 0.471. The third-order valence-electron chi connectivity index (χ3n) is 3.78. The van der Waals surface area contributed by atoms with Gasteiger partial charge in [-0.15, -0.1) is 5.10 Å². The van der Waals surface area contributed by atoms with E-state index in [-0.39, 0.29) is 5.91 Å². The number of hydrogen-bond acceptors (Lipinski definition) is 6. The first-order chi connectivity index (χ1) is 11.6. The Bertz CT molecular complexity index is 998. The third-order valence-corrected chi connectivity index (χ3v) is 4.84. The van der Waals surface area contributed by atoms with Crippen molar-refractivity contribution in [1.29, 1.82) is 0 Å². The van der Waals surface area contributed by atoms with Gasteiger partial charge in [0.05, 0.1) is 5.36 Å². The Morgan fingerprint density at radius 1 is 1.33 bits per heavy atom. The summed E-state index contributed by atoms with van der Waals surface area (Å²) in [6, 6.07) is 9.41. The van der Waals surface area contributed by atoms with E-state index in [0.29, 0.717) is 16.6 Å². The Morgan fingerprint density at radius 3 is 2.88 bits per heavy atom. The molecule has 2 aromatic rings. The van der Waals surface area contributed by atoms with Gasteiger partial charge in [0.2, 0.25) is 6.17 Å². The highest BCUT2D eigenvalue weighted by molar-refractivity contribution is 9.10. The van der Waals surface area contributed by atoms with E-state index in [9.17, 15) is 4.79 Å². The second-order valence-electron chi connectivity index (χ2n) is 5.37. The fraction of sp³-hybridized carbons (Fsp3) is 0.188. The van der Waals surface area contributed by atoms with Gasteiger partial charge in [-0.3, -0.25) is 10.1 Å². The first-order valence-electron chi connectivity index (χ1n) is 7.24. The highest BCUT2D eigenvalue weighted by atomic mass is 79.9. The van der Waals surface area contributed by atoms with Gasteiger partial charge >= 0.3 is 0 Å². The quantitative estimate of drug-likeness (QED) is 0.787. The number of amides is 1. The molecule has 6 nitrogen and oxygen atoms in total. The minimum Gasteiger partial charge on any atom is -0.462 e. The number of carbonyl (C=O) groups excluding carboxylic acids is 1. The van der Waals surface area contributed by atoms with E-state index in [2.05, 4.69) is 26.3 Å². The Hall–Kier alpha value is -2.06. The van der Waals surface area contributed by atoms with E-state index in [4.69, 9.17) is 9.41 Å². The molecule has 0 radical (unpaired) electrons. The Kier molecular flexibility index (Phi) is 3.73. The van der Waals surface area contributed by atoms with Crippen LogP contribution in [0.25, 0.3) is 5.70 Å². The molecule has 1 aromatic carbocycles. The lowest BCUT2D eigenvalue weighted by atomic mass is 10.1. The maximum absolute atomic E-state index is 12.7. The van der Waals surface area contributed by atoms with Crippen molar-refractivity contribution in [2.75, 3.05) is 6.26 Å². The highest BCUT2D eigenvalue weighted by Gasteiger charge is 2.35. The van der Waals surface area contributed by atoms with E-state index >= 15 is 0 Å². The lowest BCUT2D eigenvalue weighted by Gasteiger charge is -2.32. The number of furan rings is 1. The standard InChI is InChI=1S/C16H13BrN4O2S/c1-8-3-6-12(23-8)14-18-11-5-4-9(17)7-10(11)13-15(22)19-16(24-2)20-21(13)14/h3-7,14H,1-2H3,(H,19,20,22). The van der Waals surface area contributed by atoms with Gasteiger partial charge in [-0.1, -0.05) is 27.7 Å². The SMILES string of the molecule is CSC1=NN2C(=c3cc(Br)ccc3=NC2c2ccc(C)o2)C(=O)N1. The summed E-state index contributed by atoms with van der Waals surface area (Å²) < 4.78 is 6.63. The van der Waals surface area contributed by atoms with Crippen LogP contribution >= 0.6 is 27.7 Å². The fourth-order valence-electron chi connectivity index (χ4n) is 2.72. The van der Waals surface area contributed by atoms with Crippen LogP contribution in [-0.2, 0) is 4.79 Å². The van der Waals surface area contributed by atoms with Gasteiger partial charge in [-0.2, -0.15) is 0 Å². The predicted octanol–water partition coefficient (Wildman–Crippen LogP) is 1.86. The second kappa shape index (κ2) is 5.78. The summed E-state index contributed by atoms with van der Waals surface area (Å²) in [5.74, 6) is 1.24. The van der Waals surface area contributed by atoms with Gasteiger partial charge in [0, 0.05) is 9.69 Å². The zero-order valence-corrected chi connectivity index (χ0v) is 15.3. The van der Waals surface area contributed by atoms with Crippen molar-refractivity contribution in [3.63, 3.8) is 0 Å². The van der Waals surface area contributed by atoms with Gasteiger partial charge in [0.25, 0.3) is 5.91 Å². The summed E-state index contributed by atoms with van der Waals surface area (Å²) >= 11 is 4.83. The summed E-state index contributed by atoms with van der Waals surface area (Å²) in [4.78, 5) is 17.4. The molecule has 122 valence electrons. The molecule has 1 unspecified atom stereocenters. The van der Waals surface area contributed by atoms with Crippen LogP contribution in [-0.4, -0.2) is 22.3 Å². The predicted molar refractivity (Wildman–Crippen MR) is 95.4 cm³/mol. The molecule has 2 aliphatic heterocycles. The molecule has 0 aliphatic carbocycles. The second-order valence-corrected chi connectivity index (χ2v) is 7.08. The van der Waals surface area contributed by atoms with Crippen LogP contribution in [0.1, 0.15) is 17.7 Å². The van der Waals surface area contributed by atoms with Crippen molar-refractivity contribution in [2.24, 2.45) is 10.1 Å². The summed E-state index contributed by atoms with van der Waals surface area (Å²) in [7, 11) is 0. The average molecular weight is 405 g/mol. The monoisotopic (exact) mass is 404 g/mol. The smallest absolute Gasteiger partial charge is 0.276 e. The van der Waals surface area contributed by atoms with Crippen molar-refractivity contribution in [1.82, 2.24) is 10.3 Å². The maximum Gasteiger partial charge on any atom is 0.276 e. The number of amidine groups is 1. The molecule has 0 bridgehead atoms. The molecule has 8 heteroatoms. The number of benzene rings is 1. The first-order valence-corrected chi connectivity index (χ1v) is 9.26. The van der Waals surface area contributed by atoms with Crippen LogP contribution < -0.4 is 15.9 Å². The number of hydrogen-bond donors (Lipinski definition) is 1. The van der Waals surface area contributed by atoms with Crippen LogP contribution in [0.15, 0.2) is 49.3 Å². The highest BCUT2D eigenvalue weighted by Crippen LogP contribution is 2.31. The Balaban J connectivity index is 2.01. The number of aryl methyl sites for hydroxylation is 1. The van der Waals surface area contributed by atoms with Crippen LogP contribution in [0.5, 0.6) is 0 Å². The molecule has 1 atom stereocenters. The summed E-state index contributed by atoms with van der Waals surface area (Å²) in [6.07, 6.45) is 1.36. The molecule has 0 spiro atoms. The topological polar surface area (TPSA) is 70.2 Å². The van der Waals surface area contributed by atoms with E-state index < -0.39 is 6.17 Å². The lowest BCUT2D eigenvalue weighted by Crippen LogP contribution is -2.50. The number of thioether (sulfide) groups is 1. The molecule has 3 heterocycles. The van der Waals surface area contributed by atoms with Gasteiger partial charge in [0.15, 0.2) is 10.9 Å². The van der Waals surface area contributed by atoms with Gasteiger partial charge < -0.3 is 4.42 Å². The number of nitrogens with one attached hydrogen (secondary N) is 1. The van der Waals surface area contributed by atoms with Crippen molar-refractivity contribution >= 4 is 44.5 Å². The summed E-state index contributed by atoms with van der Waals surface area (Å²) in [6.45, 7) is 1.88. The van der Waals surface area contributed by atoms with Gasteiger partial charge in [-0.05, 0) is 43.5 Å². The van der Waals surface area contributed by atoms with Crippen molar-refractivity contribution in [2.45, 2.75) is 13.1 Å². The van der Waals surface area contributed by atoms with Gasteiger partial charge in [-0.25, -0.2) is 10.0 Å². The van der Waals surface area contributed by atoms with E-state index in [0.717, 1.165) is 20.8 Å². The largest absolute Gasteiger partial charge is 0.462 e. The third kappa shape index (κ3) is 2.46. The number of carbonyl (C=O) groups is 1. The Morgan fingerprint density at radius 2 is 2.17 bits per heavy atom. The Labute approximate surface area is 150 Å². The number of nitrogens with zero attached hydrogens (tertiary/aromatic N) is 3. The van der Waals surface area contributed by atoms with E-state index in [1.165, 1.54) is 11.8 Å². The molecule has 0 saturated heterocycles. The minimum absolute atomic E-state index is 0.197. The fourth-order valence-corrected chi connectivity index (χ4v) is 3.45. The molecule has 2 aliphatic rings. The van der Waals surface area contributed by atoms with Crippen molar-refractivity contribution in [3.05, 3.63) is 56.9 Å². The maximum atomic E-state index is 12.7. The molecule has 24 heavy (non-hydrogen) atoms. The number of halogens is 1. The van der Waals surface area contributed by atoms with Crippen molar-refractivity contribution < 1.29 is 9.21 Å². The van der Waals surface area contributed by atoms with Gasteiger partial charge in [0.1, 0.15) is 11.5 Å². The molecule has 0 saturated carbocycles. The number of rotatable bonds is 1. The number of fused-ring (bicyclic) bond motifs is 2. The molecule has 0 fully saturated rings. The van der Waals surface area contributed by atoms with E-state index in [1.54, 1.807) is 5.01 Å². The molecular weight excluding hydrogens is 392 g/mol. The van der Waals surface area contributed by atoms with E-state index in [1.807, 2.05) is 43.5 Å². The molecule has 4 rings (SSSR count). The molecule has 1 N–H and O–H groups in total. The normalized spacial score (nSPS) is 19.2. The zero-order chi connectivity index (χ0) is 16.8. The zero-order valence-electron chi connectivity index (χ0n) is 12.9. The first kappa shape index (κ1) is 15.5. The van der Waals surface area contributed by atoms with Crippen molar-refractivity contribution in [3.8, 4) is 0 Å². The van der Waals surface area contributed by atoms with Crippen LogP contribution in [0, 0.1) is 6.92 Å². The molecule has 1 amide bonds. The lowest BCUT2D eigenvalue weighted by molar-refractivity contribution is -0.116. The summed E-state index contributed by atoms with van der Waals surface area (Å²) in [5, 5.41) is 11.0. The minimum atomic E-state index is -0.504. The average Bonchev–Trinajstić information content (AvgIpc) is 2.99. The van der Waals surface area contributed by atoms with Crippen LogP contribution in [0.2, 0.25) is 0 Å². The van der Waals surface area contributed by atoms with Crippen LogP contribution in [0.4, 0.5) is 0 Å². The number of hydrazone groups is 1.